The van der Waals surface area contributed by atoms with Gasteiger partial charge in [-0.3, -0.25) is 0 Å². The largest absolute Gasteiger partial charge is 0.500 e. The fourth-order valence-electron chi connectivity index (χ4n) is 3.04. The first-order valence-corrected chi connectivity index (χ1v) is 14.3. The molecule has 0 spiro atoms. The molecule has 0 atom stereocenters. The minimum absolute atomic E-state index is 0.508. The summed E-state index contributed by atoms with van der Waals surface area (Å²) >= 11 is 0. The van der Waals surface area contributed by atoms with E-state index in [0.717, 1.165) is 38.1 Å². The monoisotopic (exact) mass is 410 g/mol. The second kappa shape index (κ2) is 16.2. The third-order valence-electron chi connectivity index (χ3n) is 4.06. The summed E-state index contributed by atoms with van der Waals surface area (Å²) in [5.41, 5.74) is 0. The lowest BCUT2D eigenvalue weighted by atomic mass is 10.1. The molecule has 1 N–H and O–H groups in total. The number of rotatable bonds is 19. The molecule has 158 valence electrons. The van der Waals surface area contributed by atoms with Crippen LogP contribution in [0, 0.1) is 0 Å². The van der Waals surface area contributed by atoms with Crippen molar-refractivity contribution in [2.75, 3.05) is 33.0 Å². The van der Waals surface area contributed by atoms with Gasteiger partial charge in [-0.15, -0.1) is 0 Å². The van der Waals surface area contributed by atoms with Crippen LogP contribution >= 0.6 is 0 Å². The van der Waals surface area contributed by atoms with Crippen LogP contribution in [-0.2, 0) is 22.1 Å². The van der Waals surface area contributed by atoms with E-state index < -0.39 is 17.6 Å². The van der Waals surface area contributed by atoms with Gasteiger partial charge in [0.05, 0.1) is 0 Å². The summed E-state index contributed by atoms with van der Waals surface area (Å²) in [5.74, 6) is 0. The summed E-state index contributed by atoms with van der Waals surface area (Å²) in [4.78, 5) is 10.4. The van der Waals surface area contributed by atoms with E-state index in [-0.39, 0.29) is 0 Å². The fourth-order valence-corrected chi connectivity index (χ4v) is 7.69. The topological polar surface area (TPSA) is 66.4 Å². The molecule has 8 heteroatoms. The zero-order valence-electron chi connectivity index (χ0n) is 17.7. The lowest BCUT2D eigenvalue weighted by molar-refractivity contribution is 0.0706. The van der Waals surface area contributed by atoms with E-state index >= 15 is 0 Å². The first-order chi connectivity index (χ1) is 12.5. The van der Waals surface area contributed by atoms with E-state index in [1.807, 2.05) is 34.6 Å². The van der Waals surface area contributed by atoms with Crippen LogP contribution in [0.4, 0.5) is 0 Å². The van der Waals surface area contributed by atoms with Crippen LogP contribution in [0.5, 0.6) is 0 Å². The van der Waals surface area contributed by atoms with E-state index in [2.05, 4.69) is 0 Å². The second-order valence-electron chi connectivity index (χ2n) is 6.18. The summed E-state index contributed by atoms with van der Waals surface area (Å²) < 4.78 is 28.6. The highest BCUT2D eigenvalue weighted by Gasteiger charge is 2.39. The van der Waals surface area contributed by atoms with Gasteiger partial charge in [0.2, 0.25) is 0 Å². The van der Waals surface area contributed by atoms with Gasteiger partial charge in [0, 0.05) is 45.1 Å². The van der Waals surface area contributed by atoms with Crippen molar-refractivity contribution >= 4 is 17.6 Å². The standard InChI is InChI=1S/C18H42O6Si2/c1-6-20-25(19,21-7-2)17-15-13-11-12-14-16-18-26(22-8-3,23-9-4)24-10-5/h19H,6-18H2,1-5H3. The Morgan fingerprint density at radius 1 is 0.500 bits per heavy atom. The maximum Gasteiger partial charge on any atom is 0.500 e. The van der Waals surface area contributed by atoms with Crippen LogP contribution in [0.3, 0.4) is 0 Å². The summed E-state index contributed by atoms with van der Waals surface area (Å²) in [6, 6.07) is 1.55. The van der Waals surface area contributed by atoms with Gasteiger partial charge in [-0.1, -0.05) is 25.7 Å². The van der Waals surface area contributed by atoms with Crippen molar-refractivity contribution in [1.82, 2.24) is 0 Å². The second-order valence-corrected chi connectivity index (χ2v) is 11.4. The van der Waals surface area contributed by atoms with Gasteiger partial charge >= 0.3 is 17.6 Å². The number of hydrogen-bond donors (Lipinski definition) is 1. The molecule has 0 saturated heterocycles. The van der Waals surface area contributed by atoms with Crippen LogP contribution in [0.25, 0.3) is 0 Å². The van der Waals surface area contributed by atoms with Gasteiger partial charge in [-0.25, -0.2) is 0 Å². The van der Waals surface area contributed by atoms with E-state index in [1.165, 1.54) is 6.42 Å². The normalized spacial score (nSPS) is 12.7. The Bertz CT molecular complexity index is 297. The molecule has 0 aromatic heterocycles. The van der Waals surface area contributed by atoms with Crippen LogP contribution in [0.15, 0.2) is 0 Å². The average Bonchev–Trinajstić information content (AvgIpc) is 2.58. The minimum Gasteiger partial charge on any atom is -0.390 e. The van der Waals surface area contributed by atoms with Crippen LogP contribution in [0.1, 0.15) is 73.1 Å². The highest BCUT2D eigenvalue weighted by atomic mass is 28.4. The van der Waals surface area contributed by atoms with Crippen molar-refractivity contribution in [1.29, 1.82) is 0 Å². The molecule has 0 aliphatic rings. The summed E-state index contributed by atoms with van der Waals surface area (Å²) in [6.45, 7) is 12.7. The molecule has 0 heterocycles. The number of hydrogen-bond acceptors (Lipinski definition) is 6. The van der Waals surface area contributed by atoms with E-state index in [0.29, 0.717) is 39.1 Å². The zero-order chi connectivity index (χ0) is 19.7. The zero-order valence-corrected chi connectivity index (χ0v) is 19.7. The Morgan fingerprint density at radius 2 is 0.846 bits per heavy atom. The lowest BCUT2D eigenvalue weighted by Gasteiger charge is -2.28. The molecule has 0 aliphatic carbocycles. The molecule has 0 bridgehead atoms. The Hall–Kier alpha value is 0.194. The Morgan fingerprint density at radius 3 is 1.23 bits per heavy atom. The van der Waals surface area contributed by atoms with Gasteiger partial charge in [-0.2, -0.15) is 0 Å². The molecule has 0 rings (SSSR count). The van der Waals surface area contributed by atoms with E-state index in [1.54, 1.807) is 0 Å². The molecule has 0 aromatic rings. The van der Waals surface area contributed by atoms with Crippen molar-refractivity contribution in [3.63, 3.8) is 0 Å². The quantitative estimate of drug-likeness (QED) is 0.252. The maximum absolute atomic E-state index is 10.4. The molecule has 0 radical (unpaired) electrons. The van der Waals surface area contributed by atoms with Gasteiger partial charge < -0.3 is 26.9 Å². The first-order valence-electron chi connectivity index (χ1n) is 10.4. The van der Waals surface area contributed by atoms with Gasteiger partial charge in [0.25, 0.3) is 0 Å². The third kappa shape index (κ3) is 11.8. The third-order valence-corrected chi connectivity index (χ3v) is 9.67. The van der Waals surface area contributed by atoms with Crippen LogP contribution < -0.4 is 0 Å². The Kier molecular flexibility index (Phi) is 16.3. The lowest BCUT2D eigenvalue weighted by Crippen LogP contribution is -2.45. The predicted molar refractivity (Wildman–Crippen MR) is 109 cm³/mol. The average molecular weight is 411 g/mol. The minimum atomic E-state index is -2.92. The van der Waals surface area contributed by atoms with Gasteiger partial charge in [0.1, 0.15) is 0 Å². The van der Waals surface area contributed by atoms with Crippen molar-refractivity contribution in [3.8, 4) is 0 Å². The van der Waals surface area contributed by atoms with Crippen LogP contribution in [0.2, 0.25) is 12.1 Å². The van der Waals surface area contributed by atoms with Crippen LogP contribution in [-0.4, -0.2) is 55.4 Å². The molecule has 0 saturated carbocycles. The van der Waals surface area contributed by atoms with Crippen molar-refractivity contribution < 1.29 is 26.9 Å². The van der Waals surface area contributed by atoms with Gasteiger partial charge in [0.15, 0.2) is 0 Å². The molecule has 26 heavy (non-hydrogen) atoms. The molecule has 0 unspecified atom stereocenters. The van der Waals surface area contributed by atoms with Crippen molar-refractivity contribution in [2.45, 2.75) is 85.2 Å². The molecular formula is C18H42O6Si2. The Labute approximate surface area is 163 Å². The smallest absolute Gasteiger partial charge is 0.390 e. The molecule has 0 fully saturated rings. The molecule has 6 nitrogen and oxygen atoms in total. The molecular weight excluding hydrogens is 368 g/mol. The summed E-state index contributed by atoms with van der Waals surface area (Å²) in [5, 5.41) is 0. The maximum atomic E-state index is 10.4. The van der Waals surface area contributed by atoms with Crippen molar-refractivity contribution in [2.24, 2.45) is 0 Å². The molecule has 0 amide bonds. The SMILES string of the molecule is CCO[Si](O)(CCCCCCCC[Si](OCC)(OCC)OCC)OCC. The molecule has 0 aliphatic heterocycles. The molecule has 0 aromatic carbocycles. The van der Waals surface area contributed by atoms with Gasteiger partial charge in [-0.05, 0) is 47.5 Å². The van der Waals surface area contributed by atoms with Crippen molar-refractivity contribution in [3.05, 3.63) is 0 Å². The first kappa shape index (κ1) is 26.2. The van der Waals surface area contributed by atoms with E-state index in [9.17, 15) is 4.80 Å². The van der Waals surface area contributed by atoms with E-state index in [4.69, 9.17) is 22.1 Å². The summed E-state index contributed by atoms with van der Waals surface area (Å²) in [6.07, 6.45) is 6.62. The Balaban J connectivity index is 3.96. The fraction of sp³-hybridized carbons (Fsp3) is 1.00. The predicted octanol–water partition coefficient (Wildman–Crippen LogP) is 4.38. The summed E-state index contributed by atoms with van der Waals surface area (Å²) in [7, 11) is -5.40. The number of unbranched alkanes of at least 4 members (excludes halogenated alkanes) is 5. The highest BCUT2D eigenvalue weighted by molar-refractivity contribution is 6.60. The highest BCUT2D eigenvalue weighted by Crippen LogP contribution is 2.21.